The van der Waals surface area contributed by atoms with E-state index in [9.17, 15) is 9.18 Å². The second-order valence-corrected chi connectivity index (χ2v) is 4.85. The molecule has 1 N–H and O–H groups in total. The van der Waals surface area contributed by atoms with Crippen LogP contribution in [0.25, 0.3) is 0 Å². The number of halogens is 1. The summed E-state index contributed by atoms with van der Waals surface area (Å²) in [5, 5.41) is 3.22. The predicted molar refractivity (Wildman–Crippen MR) is 71.6 cm³/mol. The van der Waals surface area contributed by atoms with Crippen molar-refractivity contribution < 1.29 is 13.9 Å². The van der Waals surface area contributed by atoms with Crippen molar-refractivity contribution >= 4 is 11.7 Å². The lowest BCUT2D eigenvalue weighted by Gasteiger charge is -2.25. The summed E-state index contributed by atoms with van der Waals surface area (Å²) in [6.07, 6.45) is 2.16. The third-order valence-electron chi connectivity index (χ3n) is 3.22. The Morgan fingerprint density at radius 3 is 2.79 bits per heavy atom. The number of carbonyl (C=O) groups excluding carboxylic acids is 1. The summed E-state index contributed by atoms with van der Waals surface area (Å²) in [6.45, 7) is 0.379. The number of para-hydroxylation sites is 1. The molecule has 2 rings (SSSR count). The number of esters is 1. The Bertz CT molecular complexity index is 449. The first-order valence-electron chi connectivity index (χ1n) is 6.41. The van der Waals surface area contributed by atoms with Gasteiger partial charge in [-0.15, -0.1) is 0 Å². The highest BCUT2D eigenvalue weighted by Crippen LogP contribution is 2.21. The van der Waals surface area contributed by atoms with Crippen LogP contribution in [0, 0.1) is 5.82 Å². The number of anilines is 1. The Hall–Kier alpha value is -1.62. The van der Waals surface area contributed by atoms with Gasteiger partial charge in [-0.2, -0.15) is 0 Å². The van der Waals surface area contributed by atoms with E-state index in [0.29, 0.717) is 18.3 Å². The zero-order chi connectivity index (χ0) is 13.8. The van der Waals surface area contributed by atoms with Crippen LogP contribution >= 0.6 is 0 Å². The van der Waals surface area contributed by atoms with E-state index in [4.69, 9.17) is 4.74 Å². The normalized spacial score (nSPS) is 15.9. The lowest BCUT2D eigenvalue weighted by Crippen LogP contribution is -2.47. The average molecular weight is 266 g/mol. The quantitative estimate of drug-likeness (QED) is 0.793. The highest BCUT2D eigenvalue weighted by molar-refractivity contribution is 5.76. The summed E-state index contributed by atoms with van der Waals surface area (Å²) in [7, 11) is 3.13. The maximum absolute atomic E-state index is 13.7. The van der Waals surface area contributed by atoms with Crippen molar-refractivity contribution in [3.63, 3.8) is 0 Å². The molecule has 0 aromatic heterocycles. The summed E-state index contributed by atoms with van der Waals surface area (Å²) in [5.41, 5.74) is 0.481. The fraction of sp³-hybridized carbons (Fsp3) is 0.500. The molecule has 0 spiro atoms. The molecule has 19 heavy (non-hydrogen) atoms. The van der Waals surface area contributed by atoms with Crippen LogP contribution in [-0.2, 0) is 9.53 Å². The highest BCUT2D eigenvalue weighted by atomic mass is 19.1. The van der Waals surface area contributed by atoms with Gasteiger partial charge < -0.3 is 15.0 Å². The fourth-order valence-corrected chi connectivity index (χ4v) is 2.01. The molecule has 0 heterocycles. The molecule has 0 radical (unpaired) electrons. The molecule has 1 saturated carbocycles. The summed E-state index contributed by atoms with van der Waals surface area (Å²) >= 11 is 0. The van der Waals surface area contributed by atoms with Gasteiger partial charge in [-0.3, -0.25) is 4.79 Å². The van der Waals surface area contributed by atoms with E-state index < -0.39 is 6.04 Å². The molecule has 1 aromatic carbocycles. The second-order valence-electron chi connectivity index (χ2n) is 4.85. The van der Waals surface area contributed by atoms with E-state index in [2.05, 4.69) is 5.32 Å². The molecular weight excluding hydrogens is 247 g/mol. The van der Waals surface area contributed by atoms with Crippen molar-refractivity contribution in [2.45, 2.75) is 24.9 Å². The molecule has 5 heteroatoms. The van der Waals surface area contributed by atoms with Crippen molar-refractivity contribution in [3.8, 4) is 0 Å². The van der Waals surface area contributed by atoms with Gasteiger partial charge in [0, 0.05) is 19.6 Å². The Morgan fingerprint density at radius 1 is 1.53 bits per heavy atom. The number of methoxy groups -OCH3 is 1. The molecular formula is C14H19FN2O2. The van der Waals surface area contributed by atoms with Gasteiger partial charge in [-0.25, -0.2) is 4.39 Å². The van der Waals surface area contributed by atoms with Crippen LogP contribution in [0.3, 0.4) is 0 Å². The van der Waals surface area contributed by atoms with Gasteiger partial charge in [-0.05, 0) is 25.0 Å². The molecule has 0 saturated heterocycles. The fourth-order valence-electron chi connectivity index (χ4n) is 2.01. The summed E-state index contributed by atoms with van der Waals surface area (Å²) in [6, 6.07) is 6.48. The minimum Gasteiger partial charge on any atom is -0.468 e. The van der Waals surface area contributed by atoms with Crippen LogP contribution in [0.1, 0.15) is 12.8 Å². The molecule has 1 fully saturated rings. The first-order valence-corrected chi connectivity index (χ1v) is 6.41. The number of likely N-dealkylation sites (N-methyl/N-ethyl adjacent to an activating group) is 1. The van der Waals surface area contributed by atoms with Crippen LogP contribution in [0.5, 0.6) is 0 Å². The molecule has 0 amide bonds. The smallest absolute Gasteiger partial charge is 0.324 e. The van der Waals surface area contributed by atoms with Crippen molar-refractivity contribution in [1.82, 2.24) is 5.32 Å². The van der Waals surface area contributed by atoms with E-state index in [-0.39, 0.29) is 11.8 Å². The zero-order valence-corrected chi connectivity index (χ0v) is 11.2. The predicted octanol–water partition coefficient (Wildman–Crippen LogP) is 1.56. The van der Waals surface area contributed by atoms with E-state index >= 15 is 0 Å². The van der Waals surface area contributed by atoms with E-state index in [0.717, 1.165) is 12.8 Å². The number of rotatable bonds is 6. The summed E-state index contributed by atoms with van der Waals surface area (Å²) < 4.78 is 18.5. The molecule has 1 aliphatic rings. The number of hydrogen-bond donors (Lipinski definition) is 1. The highest BCUT2D eigenvalue weighted by Gasteiger charge is 2.30. The molecule has 1 unspecified atom stereocenters. The second kappa shape index (κ2) is 6.02. The van der Waals surface area contributed by atoms with Crippen molar-refractivity contribution in [3.05, 3.63) is 30.1 Å². The molecule has 1 aromatic rings. The number of nitrogens with zero attached hydrogens (tertiary/aromatic N) is 1. The molecule has 1 atom stereocenters. The topological polar surface area (TPSA) is 41.6 Å². The van der Waals surface area contributed by atoms with Crippen molar-refractivity contribution in [2.75, 3.05) is 25.6 Å². The number of nitrogens with one attached hydrogen (secondary N) is 1. The van der Waals surface area contributed by atoms with Gasteiger partial charge in [0.05, 0.1) is 12.8 Å². The largest absolute Gasteiger partial charge is 0.468 e. The molecule has 0 aliphatic heterocycles. The van der Waals surface area contributed by atoms with Gasteiger partial charge in [-0.1, -0.05) is 12.1 Å². The van der Waals surface area contributed by atoms with E-state index in [1.165, 1.54) is 13.2 Å². The maximum Gasteiger partial charge on any atom is 0.324 e. The lowest BCUT2D eigenvalue weighted by atomic mass is 10.2. The summed E-state index contributed by atoms with van der Waals surface area (Å²) in [5.74, 6) is -0.602. The lowest BCUT2D eigenvalue weighted by molar-refractivity contribution is -0.142. The molecule has 1 aliphatic carbocycles. The minimum absolute atomic E-state index is 0.292. The van der Waals surface area contributed by atoms with Crippen LogP contribution in [0.15, 0.2) is 24.3 Å². The van der Waals surface area contributed by atoms with E-state index in [1.807, 2.05) is 0 Å². The van der Waals surface area contributed by atoms with Gasteiger partial charge in [0.1, 0.15) is 11.9 Å². The zero-order valence-electron chi connectivity index (χ0n) is 11.2. The van der Waals surface area contributed by atoms with Crippen LogP contribution in [0.4, 0.5) is 10.1 Å². The van der Waals surface area contributed by atoms with E-state index in [1.54, 1.807) is 30.1 Å². The average Bonchev–Trinajstić information content (AvgIpc) is 3.21. The number of benzene rings is 1. The molecule has 0 bridgehead atoms. The van der Waals surface area contributed by atoms with Gasteiger partial charge in [0.2, 0.25) is 0 Å². The molecule has 104 valence electrons. The first-order chi connectivity index (χ1) is 9.11. The SMILES string of the molecule is COC(=O)C(CN(C)c1ccccc1F)NC1CC1. The van der Waals surface area contributed by atoms with Gasteiger partial charge in [0.25, 0.3) is 0 Å². The monoisotopic (exact) mass is 266 g/mol. The Morgan fingerprint density at radius 2 is 2.21 bits per heavy atom. The third-order valence-corrected chi connectivity index (χ3v) is 3.22. The number of hydrogen-bond acceptors (Lipinski definition) is 4. The molecule has 4 nitrogen and oxygen atoms in total. The van der Waals surface area contributed by atoms with Gasteiger partial charge >= 0.3 is 5.97 Å². The van der Waals surface area contributed by atoms with Crippen molar-refractivity contribution in [2.24, 2.45) is 0 Å². The number of ether oxygens (including phenoxy) is 1. The minimum atomic E-state index is -0.429. The Kier molecular flexibility index (Phi) is 4.37. The van der Waals surface area contributed by atoms with Crippen LogP contribution in [0.2, 0.25) is 0 Å². The Labute approximate surface area is 112 Å². The van der Waals surface area contributed by atoms with Crippen molar-refractivity contribution in [1.29, 1.82) is 0 Å². The third kappa shape index (κ3) is 3.67. The Balaban J connectivity index is 2.03. The van der Waals surface area contributed by atoms with Gasteiger partial charge in [0.15, 0.2) is 0 Å². The van der Waals surface area contributed by atoms with Crippen LogP contribution < -0.4 is 10.2 Å². The van der Waals surface area contributed by atoms with Crippen LogP contribution in [-0.4, -0.2) is 38.8 Å². The number of carbonyl (C=O) groups is 1. The maximum atomic E-state index is 13.7. The standard InChI is InChI=1S/C14H19FN2O2/c1-17(13-6-4-3-5-11(13)15)9-12(14(18)19-2)16-10-7-8-10/h3-6,10,12,16H,7-9H2,1-2H3. The first kappa shape index (κ1) is 13.8. The summed E-state index contributed by atoms with van der Waals surface area (Å²) in [4.78, 5) is 13.5.